The van der Waals surface area contributed by atoms with E-state index in [4.69, 9.17) is 5.11 Å². The summed E-state index contributed by atoms with van der Waals surface area (Å²) >= 11 is 0. The number of aromatic carboxylic acids is 1. The van der Waals surface area contributed by atoms with Crippen LogP contribution in [0.1, 0.15) is 41.6 Å². The molecular formula is C22H27N3O3. The van der Waals surface area contributed by atoms with Gasteiger partial charge in [0.15, 0.2) is 0 Å². The molecule has 1 heterocycles. The van der Waals surface area contributed by atoms with Crippen molar-refractivity contribution in [2.45, 2.75) is 32.2 Å². The average molecular weight is 381 g/mol. The normalized spacial score (nSPS) is 14.9. The van der Waals surface area contributed by atoms with Crippen LogP contribution < -0.4 is 10.6 Å². The molecule has 0 radical (unpaired) electrons. The maximum Gasteiger partial charge on any atom is 0.335 e. The number of carbonyl (C=O) groups is 2. The average Bonchev–Trinajstić information content (AvgIpc) is 2.95. The fraction of sp³-hybridized carbons (Fsp3) is 0.364. The van der Waals surface area contributed by atoms with Gasteiger partial charge in [0, 0.05) is 17.9 Å². The number of amides is 1. The van der Waals surface area contributed by atoms with Gasteiger partial charge >= 0.3 is 5.97 Å². The number of rotatable bonds is 7. The Balaban J connectivity index is 1.51. The Morgan fingerprint density at radius 3 is 2.29 bits per heavy atom. The Morgan fingerprint density at radius 1 is 0.929 bits per heavy atom. The van der Waals surface area contributed by atoms with Crippen molar-refractivity contribution in [3.05, 3.63) is 59.7 Å². The van der Waals surface area contributed by atoms with Crippen LogP contribution in [-0.2, 0) is 11.3 Å². The summed E-state index contributed by atoms with van der Waals surface area (Å²) in [6.45, 7) is 3.00. The molecule has 1 amide bonds. The lowest BCUT2D eigenvalue weighted by atomic mass is 10.1. The summed E-state index contributed by atoms with van der Waals surface area (Å²) in [6, 6.07) is 14.4. The van der Waals surface area contributed by atoms with Gasteiger partial charge in [-0.3, -0.25) is 9.69 Å². The molecule has 2 aromatic carbocycles. The Hall–Kier alpha value is -2.86. The predicted octanol–water partition coefficient (Wildman–Crippen LogP) is 3.81. The van der Waals surface area contributed by atoms with Crippen LogP contribution >= 0.6 is 0 Å². The minimum atomic E-state index is -0.928. The molecule has 6 heteroatoms. The molecule has 1 saturated heterocycles. The molecule has 0 atom stereocenters. The summed E-state index contributed by atoms with van der Waals surface area (Å²) in [5.74, 6) is -0.911. The zero-order chi connectivity index (χ0) is 19.8. The van der Waals surface area contributed by atoms with Crippen molar-refractivity contribution in [2.75, 3.05) is 30.3 Å². The second kappa shape index (κ2) is 9.90. The third kappa shape index (κ3) is 6.09. The Kier molecular flexibility index (Phi) is 7.03. The number of anilines is 2. The molecule has 1 fully saturated rings. The van der Waals surface area contributed by atoms with E-state index in [1.54, 1.807) is 24.3 Å². The first kappa shape index (κ1) is 19.9. The van der Waals surface area contributed by atoms with Gasteiger partial charge in [-0.15, -0.1) is 0 Å². The van der Waals surface area contributed by atoms with E-state index < -0.39 is 5.97 Å². The molecule has 6 nitrogen and oxygen atoms in total. The standard InChI is InChI=1S/C22H27N3O3/c26-21(16-25-12-3-1-2-4-13-25)24-20-7-5-6-19(14-20)23-15-17-8-10-18(11-9-17)22(27)28/h5-11,14,23H,1-4,12-13,15-16H2,(H,24,26)(H,27,28). The number of hydrogen-bond acceptors (Lipinski definition) is 4. The fourth-order valence-electron chi connectivity index (χ4n) is 3.37. The second-order valence-corrected chi connectivity index (χ2v) is 7.17. The van der Waals surface area contributed by atoms with Crippen LogP contribution in [0.3, 0.4) is 0 Å². The molecule has 148 valence electrons. The first-order valence-electron chi connectivity index (χ1n) is 9.78. The maximum atomic E-state index is 12.3. The summed E-state index contributed by atoms with van der Waals surface area (Å²) in [7, 11) is 0. The number of nitrogens with zero attached hydrogens (tertiary/aromatic N) is 1. The topological polar surface area (TPSA) is 81.7 Å². The van der Waals surface area contributed by atoms with Gasteiger partial charge in [0.2, 0.25) is 5.91 Å². The Bertz CT molecular complexity index is 797. The molecule has 0 spiro atoms. The molecular weight excluding hydrogens is 354 g/mol. The van der Waals surface area contributed by atoms with E-state index in [0.717, 1.165) is 30.0 Å². The van der Waals surface area contributed by atoms with Crippen molar-refractivity contribution in [3.63, 3.8) is 0 Å². The molecule has 2 aromatic rings. The largest absolute Gasteiger partial charge is 0.478 e. The zero-order valence-electron chi connectivity index (χ0n) is 16.0. The van der Waals surface area contributed by atoms with Crippen molar-refractivity contribution in [3.8, 4) is 0 Å². The van der Waals surface area contributed by atoms with Crippen LogP contribution in [0.5, 0.6) is 0 Å². The van der Waals surface area contributed by atoms with Crippen LogP contribution in [0.25, 0.3) is 0 Å². The number of carbonyl (C=O) groups excluding carboxylic acids is 1. The third-order valence-corrected chi connectivity index (χ3v) is 4.91. The number of nitrogens with one attached hydrogen (secondary N) is 2. The molecule has 1 aliphatic rings. The van der Waals surface area contributed by atoms with Crippen molar-refractivity contribution >= 4 is 23.3 Å². The highest BCUT2D eigenvalue weighted by Crippen LogP contribution is 2.17. The van der Waals surface area contributed by atoms with Crippen molar-refractivity contribution in [1.82, 2.24) is 4.90 Å². The van der Waals surface area contributed by atoms with Crippen molar-refractivity contribution in [1.29, 1.82) is 0 Å². The lowest BCUT2D eigenvalue weighted by Gasteiger charge is -2.19. The van der Waals surface area contributed by atoms with Gasteiger partial charge in [-0.1, -0.05) is 31.0 Å². The van der Waals surface area contributed by atoms with E-state index >= 15 is 0 Å². The van der Waals surface area contributed by atoms with Gasteiger partial charge in [-0.05, 0) is 61.8 Å². The van der Waals surface area contributed by atoms with Gasteiger partial charge in [0.1, 0.15) is 0 Å². The lowest BCUT2D eigenvalue weighted by Crippen LogP contribution is -2.33. The number of carboxylic acid groups (broad SMARTS) is 1. The minimum absolute atomic E-state index is 0.0170. The molecule has 0 aliphatic carbocycles. The van der Waals surface area contributed by atoms with Gasteiger partial charge in [-0.2, -0.15) is 0 Å². The van der Waals surface area contributed by atoms with E-state index in [1.807, 2.05) is 24.3 Å². The lowest BCUT2D eigenvalue weighted by molar-refractivity contribution is -0.117. The predicted molar refractivity (Wildman–Crippen MR) is 111 cm³/mol. The van der Waals surface area contributed by atoms with Gasteiger partial charge in [0.25, 0.3) is 0 Å². The third-order valence-electron chi connectivity index (χ3n) is 4.91. The van der Waals surface area contributed by atoms with Crippen molar-refractivity contribution < 1.29 is 14.7 Å². The Morgan fingerprint density at radius 2 is 1.61 bits per heavy atom. The summed E-state index contributed by atoms with van der Waals surface area (Å²) in [5, 5.41) is 15.2. The number of likely N-dealkylation sites (tertiary alicyclic amines) is 1. The molecule has 28 heavy (non-hydrogen) atoms. The monoisotopic (exact) mass is 381 g/mol. The first-order chi connectivity index (χ1) is 13.6. The van der Waals surface area contributed by atoms with E-state index in [-0.39, 0.29) is 11.5 Å². The van der Waals surface area contributed by atoms with Gasteiger partial charge in [-0.25, -0.2) is 4.79 Å². The summed E-state index contributed by atoms with van der Waals surface area (Å²) in [6.07, 6.45) is 4.84. The van der Waals surface area contributed by atoms with Crippen LogP contribution in [0.2, 0.25) is 0 Å². The highest BCUT2D eigenvalue weighted by molar-refractivity contribution is 5.92. The first-order valence-corrected chi connectivity index (χ1v) is 9.78. The molecule has 0 aromatic heterocycles. The molecule has 0 bridgehead atoms. The summed E-state index contributed by atoms with van der Waals surface area (Å²) in [5.41, 5.74) is 2.93. The fourth-order valence-corrected chi connectivity index (χ4v) is 3.37. The molecule has 1 aliphatic heterocycles. The maximum absolute atomic E-state index is 12.3. The van der Waals surface area contributed by atoms with Gasteiger partial charge < -0.3 is 15.7 Å². The summed E-state index contributed by atoms with van der Waals surface area (Å²) < 4.78 is 0. The SMILES string of the molecule is O=C(CN1CCCCCC1)Nc1cccc(NCc2ccc(C(=O)O)cc2)c1. The molecule has 0 saturated carbocycles. The molecule has 3 N–H and O–H groups in total. The number of benzene rings is 2. The van der Waals surface area contributed by atoms with Crippen molar-refractivity contribution in [2.24, 2.45) is 0 Å². The van der Waals surface area contributed by atoms with Crippen LogP contribution in [0.4, 0.5) is 11.4 Å². The van der Waals surface area contributed by atoms with Crippen LogP contribution in [0, 0.1) is 0 Å². The van der Waals surface area contributed by atoms with E-state index in [0.29, 0.717) is 13.1 Å². The van der Waals surface area contributed by atoms with Crippen LogP contribution in [-0.4, -0.2) is 41.5 Å². The summed E-state index contributed by atoms with van der Waals surface area (Å²) in [4.78, 5) is 25.5. The zero-order valence-corrected chi connectivity index (χ0v) is 16.0. The number of hydrogen-bond donors (Lipinski definition) is 3. The quantitative estimate of drug-likeness (QED) is 0.679. The van der Waals surface area contributed by atoms with Crippen LogP contribution in [0.15, 0.2) is 48.5 Å². The second-order valence-electron chi connectivity index (χ2n) is 7.17. The minimum Gasteiger partial charge on any atom is -0.478 e. The smallest absolute Gasteiger partial charge is 0.335 e. The van der Waals surface area contributed by atoms with E-state index in [2.05, 4.69) is 15.5 Å². The van der Waals surface area contributed by atoms with E-state index in [1.165, 1.54) is 25.7 Å². The Labute approximate surface area is 165 Å². The number of carboxylic acids is 1. The highest BCUT2D eigenvalue weighted by atomic mass is 16.4. The van der Waals surface area contributed by atoms with Gasteiger partial charge in [0.05, 0.1) is 12.1 Å². The molecule has 3 rings (SSSR count). The highest BCUT2D eigenvalue weighted by Gasteiger charge is 2.13. The van der Waals surface area contributed by atoms with E-state index in [9.17, 15) is 9.59 Å². The molecule has 0 unspecified atom stereocenters.